The Bertz CT molecular complexity index is 872. The highest BCUT2D eigenvalue weighted by molar-refractivity contribution is 5.96. The number of nitrogens with two attached hydrogens (primary N) is 1. The van der Waals surface area contributed by atoms with E-state index in [1.165, 1.54) is 5.56 Å². The van der Waals surface area contributed by atoms with E-state index in [2.05, 4.69) is 15.3 Å². The van der Waals surface area contributed by atoms with E-state index < -0.39 is 0 Å². The van der Waals surface area contributed by atoms with Crippen LogP contribution in [0.4, 0.5) is 0 Å². The van der Waals surface area contributed by atoms with Crippen LogP contribution in [0, 0.1) is 0 Å². The maximum Gasteiger partial charge on any atom is 0.227 e. The van der Waals surface area contributed by atoms with E-state index in [9.17, 15) is 4.79 Å². The van der Waals surface area contributed by atoms with Crippen molar-refractivity contribution in [2.24, 2.45) is 10.7 Å². The Balaban J connectivity index is 1.55. The molecule has 1 amide bonds. The van der Waals surface area contributed by atoms with Crippen molar-refractivity contribution in [3.05, 3.63) is 102 Å². The van der Waals surface area contributed by atoms with Gasteiger partial charge in [-0.2, -0.15) is 0 Å². The number of amides is 1. The minimum absolute atomic E-state index is 0.0307. The van der Waals surface area contributed by atoms with Crippen LogP contribution in [0.5, 0.6) is 0 Å². The third-order valence-corrected chi connectivity index (χ3v) is 4.72. The number of aromatic nitrogens is 1. The summed E-state index contributed by atoms with van der Waals surface area (Å²) < 4.78 is 0. The van der Waals surface area contributed by atoms with Gasteiger partial charge in [-0.25, -0.2) is 0 Å². The molecule has 0 saturated heterocycles. The molecule has 0 aliphatic carbocycles. The van der Waals surface area contributed by atoms with Crippen molar-refractivity contribution in [3.63, 3.8) is 0 Å². The van der Waals surface area contributed by atoms with Gasteiger partial charge in [0.1, 0.15) is 0 Å². The Kier molecular flexibility index (Phi) is 7.52. The number of carbonyl (C=O) groups excluding carboxylic acids is 1. The van der Waals surface area contributed by atoms with Gasteiger partial charge in [0.2, 0.25) is 5.91 Å². The second-order valence-corrected chi connectivity index (χ2v) is 6.85. The fourth-order valence-corrected chi connectivity index (χ4v) is 3.25. The van der Waals surface area contributed by atoms with Gasteiger partial charge in [0, 0.05) is 31.3 Å². The summed E-state index contributed by atoms with van der Waals surface area (Å²) in [4.78, 5) is 20.9. The third kappa shape index (κ3) is 6.57. The van der Waals surface area contributed by atoms with Crippen molar-refractivity contribution in [2.45, 2.75) is 25.2 Å². The molecular formula is C24H26N4O. The number of nitrogens with one attached hydrogen (secondary N) is 1. The Morgan fingerprint density at radius 2 is 1.52 bits per heavy atom. The summed E-state index contributed by atoms with van der Waals surface area (Å²) in [6, 6.07) is 24.0. The summed E-state index contributed by atoms with van der Waals surface area (Å²) in [6.07, 6.45) is 5.63. The third-order valence-electron chi connectivity index (χ3n) is 4.72. The van der Waals surface area contributed by atoms with Crippen LogP contribution in [0.25, 0.3) is 0 Å². The molecule has 5 nitrogen and oxygen atoms in total. The Labute approximate surface area is 171 Å². The van der Waals surface area contributed by atoms with Crippen molar-refractivity contribution in [1.82, 2.24) is 10.3 Å². The lowest BCUT2D eigenvalue weighted by molar-refractivity contribution is -0.119. The fraction of sp³-hybridized carbons (Fsp3) is 0.208. The van der Waals surface area contributed by atoms with Gasteiger partial charge in [-0.15, -0.1) is 0 Å². The van der Waals surface area contributed by atoms with Crippen LogP contribution in [0.1, 0.15) is 35.4 Å². The van der Waals surface area contributed by atoms with Crippen LogP contribution in [0.2, 0.25) is 0 Å². The first-order valence-corrected chi connectivity index (χ1v) is 9.81. The van der Waals surface area contributed by atoms with Crippen LogP contribution in [-0.2, 0) is 11.2 Å². The topological polar surface area (TPSA) is 80.4 Å². The number of aryl methyl sites for hydroxylation is 1. The molecule has 0 aliphatic heterocycles. The Hall–Kier alpha value is -3.47. The summed E-state index contributed by atoms with van der Waals surface area (Å²) in [6.45, 7) is 0.565. The standard InChI is InChI=1S/C24H26N4O/c25-24(27-15-7-8-19-13-16-26-17-14-19)28-23(29)18-22(20-9-3-1-4-10-20)21-11-5-2-6-12-21/h1-6,9-14,16-17,22H,7-8,15,18H2,(H3,25,27,28,29). The van der Waals surface area contributed by atoms with Crippen molar-refractivity contribution in [2.75, 3.05) is 6.54 Å². The molecule has 0 fully saturated rings. The highest BCUT2D eigenvalue weighted by Gasteiger charge is 2.18. The number of pyridine rings is 1. The fourth-order valence-electron chi connectivity index (χ4n) is 3.25. The molecule has 0 unspecified atom stereocenters. The SMILES string of the molecule is NC(=NCCCc1ccncc1)NC(=O)CC(c1ccccc1)c1ccccc1. The molecule has 3 aromatic rings. The molecule has 0 aliphatic rings. The van der Waals surface area contributed by atoms with Gasteiger partial charge in [-0.3, -0.25) is 20.1 Å². The molecule has 0 saturated carbocycles. The molecule has 29 heavy (non-hydrogen) atoms. The number of rotatable bonds is 8. The quantitative estimate of drug-likeness (QED) is 0.352. The predicted octanol–water partition coefficient (Wildman–Crippen LogP) is 3.67. The second-order valence-electron chi connectivity index (χ2n) is 6.85. The monoisotopic (exact) mass is 386 g/mol. The highest BCUT2D eigenvalue weighted by atomic mass is 16.1. The number of aliphatic imine (C=N–C) groups is 1. The lowest BCUT2D eigenvalue weighted by Crippen LogP contribution is -2.37. The molecule has 3 N–H and O–H groups in total. The number of nitrogens with zero attached hydrogens (tertiary/aromatic N) is 2. The second kappa shape index (κ2) is 10.8. The molecule has 0 spiro atoms. The lowest BCUT2D eigenvalue weighted by Gasteiger charge is -2.17. The van der Waals surface area contributed by atoms with E-state index in [1.54, 1.807) is 12.4 Å². The van der Waals surface area contributed by atoms with Crippen molar-refractivity contribution in [1.29, 1.82) is 0 Å². The van der Waals surface area contributed by atoms with Gasteiger partial charge in [0.25, 0.3) is 0 Å². The molecule has 0 atom stereocenters. The maximum atomic E-state index is 12.6. The van der Waals surface area contributed by atoms with Gasteiger partial charge in [-0.1, -0.05) is 60.7 Å². The first-order valence-electron chi connectivity index (χ1n) is 9.81. The largest absolute Gasteiger partial charge is 0.370 e. The molecule has 1 heterocycles. The molecule has 148 valence electrons. The molecule has 0 radical (unpaired) electrons. The van der Waals surface area contributed by atoms with E-state index in [-0.39, 0.29) is 17.8 Å². The maximum absolute atomic E-state index is 12.6. The summed E-state index contributed by atoms with van der Waals surface area (Å²) >= 11 is 0. The minimum atomic E-state index is -0.141. The lowest BCUT2D eigenvalue weighted by atomic mass is 9.88. The van der Waals surface area contributed by atoms with E-state index >= 15 is 0 Å². The van der Waals surface area contributed by atoms with Crippen LogP contribution < -0.4 is 11.1 Å². The Morgan fingerprint density at radius 1 is 0.931 bits per heavy atom. The van der Waals surface area contributed by atoms with Crippen LogP contribution in [0.3, 0.4) is 0 Å². The normalized spacial score (nSPS) is 11.4. The van der Waals surface area contributed by atoms with E-state index in [0.717, 1.165) is 24.0 Å². The van der Waals surface area contributed by atoms with E-state index in [1.807, 2.05) is 72.8 Å². The zero-order chi connectivity index (χ0) is 20.3. The van der Waals surface area contributed by atoms with Crippen molar-refractivity contribution >= 4 is 11.9 Å². The number of hydrogen-bond acceptors (Lipinski definition) is 3. The summed E-state index contributed by atoms with van der Waals surface area (Å²) in [7, 11) is 0. The molecule has 3 rings (SSSR count). The number of carbonyl (C=O) groups is 1. The average molecular weight is 386 g/mol. The van der Waals surface area contributed by atoms with Gasteiger partial charge >= 0.3 is 0 Å². The number of guanidine groups is 1. The highest BCUT2D eigenvalue weighted by Crippen LogP contribution is 2.27. The molecule has 2 aromatic carbocycles. The smallest absolute Gasteiger partial charge is 0.227 e. The van der Waals surface area contributed by atoms with Gasteiger partial charge in [0.05, 0.1) is 0 Å². The number of hydrogen-bond donors (Lipinski definition) is 2. The van der Waals surface area contributed by atoms with Gasteiger partial charge in [-0.05, 0) is 41.7 Å². The van der Waals surface area contributed by atoms with Gasteiger partial charge < -0.3 is 5.73 Å². The zero-order valence-electron chi connectivity index (χ0n) is 16.4. The van der Waals surface area contributed by atoms with Crippen LogP contribution in [-0.4, -0.2) is 23.4 Å². The minimum Gasteiger partial charge on any atom is -0.370 e. The Morgan fingerprint density at radius 3 is 2.10 bits per heavy atom. The predicted molar refractivity (Wildman–Crippen MR) is 117 cm³/mol. The summed E-state index contributed by atoms with van der Waals surface area (Å²) in [5, 5.41) is 2.73. The van der Waals surface area contributed by atoms with Crippen molar-refractivity contribution < 1.29 is 4.79 Å². The van der Waals surface area contributed by atoms with Gasteiger partial charge in [0.15, 0.2) is 5.96 Å². The van der Waals surface area contributed by atoms with E-state index in [0.29, 0.717) is 13.0 Å². The van der Waals surface area contributed by atoms with Crippen LogP contribution >= 0.6 is 0 Å². The zero-order valence-corrected chi connectivity index (χ0v) is 16.4. The first-order chi connectivity index (χ1) is 14.2. The summed E-state index contributed by atoms with van der Waals surface area (Å²) in [5.41, 5.74) is 9.33. The molecular weight excluding hydrogens is 360 g/mol. The molecule has 5 heteroatoms. The molecule has 0 bridgehead atoms. The molecule has 1 aromatic heterocycles. The average Bonchev–Trinajstić information content (AvgIpc) is 2.77. The number of benzene rings is 2. The van der Waals surface area contributed by atoms with E-state index in [4.69, 9.17) is 5.73 Å². The van der Waals surface area contributed by atoms with Crippen molar-refractivity contribution in [3.8, 4) is 0 Å². The van der Waals surface area contributed by atoms with Crippen LogP contribution in [0.15, 0.2) is 90.2 Å². The first kappa shape index (κ1) is 20.3. The summed E-state index contributed by atoms with van der Waals surface area (Å²) in [5.74, 6) is -0.000387.